The zero-order valence-corrected chi connectivity index (χ0v) is 23.2. The predicted molar refractivity (Wildman–Crippen MR) is 146 cm³/mol. The molecule has 0 radical (unpaired) electrons. The van der Waals surface area contributed by atoms with Crippen molar-refractivity contribution in [3.8, 4) is 11.5 Å². The van der Waals surface area contributed by atoms with E-state index < -0.39 is 17.7 Å². The number of piperidine rings is 1. The number of amides is 2. The number of aliphatic hydroxyl groups is 1. The molecule has 1 spiro atoms. The van der Waals surface area contributed by atoms with Gasteiger partial charge >= 0.3 is 0 Å². The van der Waals surface area contributed by atoms with Crippen LogP contribution in [0.5, 0.6) is 11.5 Å². The van der Waals surface area contributed by atoms with Crippen LogP contribution in [-0.4, -0.2) is 64.0 Å². The molecule has 208 valence electrons. The van der Waals surface area contributed by atoms with Crippen molar-refractivity contribution in [1.29, 1.82) is 0 Å². The predicted octanol–water partition coefficient (Wildman–Crippen LogP) is 3.01. The van der Waals surface area contributed by atoms with Crippen molar-refractivity contribution in [1.82, 2.24) is 15.1 Å². The van der Waals surface area contributed by atoms with E-state index in [1.165, 1.54) is 12.4 Å². The molecule has 4 rings (SSSR count). The first-order chi connectivity index (χ1) is 17.7. The van der Waals surface area contributed by atoms with E-state index in [1.54, 1.807) is 17.0 Å². The lowest BCUT2D eigenvalue weighted by Gasteiger charge is -2.52. The van der Waals surface area contributed by atoms with Crippen LogP contribution in [-0.2, 0) is 16.1 Å². The quantitative estimate of drug-likeness (QED) is 0.370. The third kappa shape index (κ3) is 6.39. The minimum atomic E-state index is -0.909. The van der Waals surface area contributed by atoms with Gasteiger partial charge in [0.05, 0.1) is 6.10 Å². The Balaban J connectivity index is 0.00000400. The summed E-state index contributed by atoms with van der Waals surface area (Å²) < 4.78 is 6.45. The molecule has 2 aliphatic heterocycles. The summed E-state index contributed by atoms with van der Waals surface area (Å²) in [5.74, 6) is 0.677. The van der Waals surface area contributed by atoms with Gasteiger partial charge in [0.2, 0.25) is 18.0 Å². The van der Waals surface area contributed by atoms with Gasteiger partial charge in [-0.3, -0.25) is 14.5 Å². The van der Waals surface area contributed by atoms with Crippen LogP contribution in [0, 0.1) is 11.1 Å². The lowest BCUT2D eigenvalue weighted by atomic mass is 9.80. The number of hydrogen-bond acceptors (Lipinski definition) is 6. The number of carbonyl (C=O) groups excluding carboxylic acids is 2. The fraction of sp³-hybridized carbons (Fsp3) is 0.536. The molecule has 2 aromatic rings. The molecule has 1 aromatic heterocycles. The summed E-state index contributed by atoms with van der Waals surface area (Å²) in [6.45, 7) is 8.40. The van der Waals surface area contributed by atoms with E-state index >= 15 is 0 Å². The van der Waals surface area contributed by atoms with Crippen LogP contribution >= 0.6 is 12.4 Å². The van der Waals surface area contributed by atoms with Gasteiger partial charge in [-0.25, -0.2) is 0 Å². The molecule has 2 fully saturated rings. The van der Waals surface area contributed by atoms with Gasteiger partial charge in [0.25, 0.3) is 0 Å². The molecule has 2 saturated heterocycles. The Morgan fingerprint density at radius 1 is 1.16 bits per heavy atom. The SMILES string of the molecule is CCCCN1C(=O)[C@@H]([C@H](O)C(C)C)NC(=O)C12CCN(Cc1ccc(Oc3ccc[n+]([O-])c3)cc1)CC2.Cl. The average Bonchev–Trinajstić information content (AvgIpc) is 2.88. The number of carbonyl (C=O) groups is 2. The molecule has 0 unspecified atom stereocenters. The van der Waals surface area contributed by atoms with Crippen LogP contribution in [0.4, 0.5) is 0 Å². The fourth-order valence-electron chi connectivity index (χ4n) is 5.23. The number of piperazine rings is 1. The molecule has 38 heavy (non-hydrogen) atoms. The van der Waals surface area contributed by atoms with Gasteiger partial charge in [-0.05, 0) is 48.9 Å². The lowest BCUT2D eigenvalue weighted by Crippen LogP contribution is -2.74. The summed E-state index contributed by atoms with van der Waals surface area (Å²) in [5.41, 5.74) is 0.254. The van der Waals surface area contributed by atoms with Gasteiger partial charge in [0.15, 0.2) is 11.9 Å². The Hall–Kier alpha value is -2.88. The maximum Gasteiger partial charge on any atom is 0.248 e. The van der Waals surface area contributed by atoms with Gasteiger partial charge in [0.1, 0.15) is 17.3 Å². The largest absolute Gasteiger partial charge is 0.619 e. The van der Waals surface area contributed by atoms with Crippen molar-refractivity contribution in [3.63, 3.8) is 0 Å². The van der Waals surface area contributed by atoms with E-state index in [-0.39, 0.29) is 30.1 Å². The number of halogens is 1. The molecule has 2 atom stereocenters. The van der Waals surface area contributed by atoms with Crippen molar-refractivity contribution >= 4 is 24.2 Å². The Kier molecular flexibility index (Phi) is 9.98. The minimum absolute atomic E-state index is 0. The summed E-state index contributed by atoms with van der Waals surface area (Å²) in [5, 5.41) is 24.9. The fourth-order valence-corrected chi connectivity index (χ4v) is 5.23. The molecule has 9 nitrogen and oxygen atoms in total. The summed E-state index contributed by atoms with van der Waals surface area (Å²) in [6.07, 6.45) is 4.73. The maximum absolute atomic E-state index is 13.5. The number of aliphatic hydroxyl groups excluding tert-OH is 1. The van der Waals surface area contributed by atoms with Crippen molar-refractivity contribution in [2.75, 3.05) is 19.6 Å². The Bertz CT molecular complexity index is 1090. The van der Waals surface area contributed by atoms with E-state index in [9.17, 15) is 19.9 Å². The second-order valence-corrected chi connectivity index (χ2v) is 10.5. The van der Waals surface area contributed by atoms with Crippen molar-refractivity contribution in [2.45, 2.75) is 70.7 Å². The maximum atomic E-state index is 13.5. The highest BCUT2D eigenvalue weighted by Crippen LogP contribution is 2.35. The molecule has 0 aliphatic carbocycles. The van der Waals surface area contributed by atoms with Crippen LogP contribution in [0.3, 0.4) is 0 Å². The number of likely N-dealkylation sites (tertiary alicyclic amines) is 1. The molecule has 0 bridgehead atoms. The first kappa shape index (κ1) is 29.7. The molecule has 2 amide bonds. The molecule has 2 aliphatic rings. The van der Waals surface area contributed by atoms with Crippen LogP contribution in [0.15, 0.2) is 48.8 Å². The number of ether oxygens (including phenoxy) is 1. The summed E-state index contributed by atoms with van der Waals surface area (Å²) >= 11 is 0. The van der Waals surface area contributed by atoms with Gasteiger partial charge in [0, 0.05) is 32.2 Å². The Labute approximate surface area is 230 Å². The number of aromatic nitrogens is 1. The molecule has 2 N–H and O–H groups in total. The zero-order chi connectivity index (χ0) is 26.6. The Morgan fingerprint density at radius 3 is 2.45 bits per heavy atom. The molecular weight excluding hydrogens is 508 g/mol. The first-order valence-electron chi connectivity index (χ1n) is 13.2. The van der Waals surface area contributed by atoms with Crippen molar-refractivity contribution < 1.29 is 24.2 Å². The van der Waals surface area contributed by atoms with Gasteiger partial charge in [-0.2, -0.15) is 4.73 Å². The molecule has 0 saturated carbocycles. The normalized spacial score (nSPS) is 20.2. The zero-order valence-electron chi connectivity index (χ0n) is 22.3. The number of nitrogens with one attached hydrogen (secondary N) is 1. The van der Waals surface area contributed by atoms with Gasteiger partial charge in [-0.15, -0.1) is 12.4 Å². The van der Waals surface area contributed by atoms with E-state index in [2.05, 4.69) is 17.1 Å². The third-order valence-electron chi connectivity index (χ3n) is 7.51. The van der Waals surface area contributed by atoms with Crippen LogP contribution < -0.4 is 14.8 Å². The summed E-state index contributed by atoms with van der Waals surface area (Å²) in [6, 6.07) is 10.2. The lowest BCUT2D eigenvalue weighted by molar-refractivity contribution is -0.605. The number of rotatable bonds is 9. The number of unbranched alkanes of at least 4 members (excludes halogenated alkanes) is 1. The monoisotopic (exact) mass is 546 g/mol. The summed E-state index contributed by atoms with van der Waals surface area (Å²) in [7, 11) is 0. The van der Waals surface area contributed by atoms with Crippen LogP contribution in [0.25, 0.3) is 0 Å². The standard InChI is InChI=1S/C28H38N4O5.ClH/c1-4-5-15-32-26(34)24(25(33)20(2)3)29-27(35)28(32)12-16-30(17-13-28)18-21-8-10-22(11-9-21)37-23-7-6-14-31(36)19-23;/h6-11,14,19-20,24-25,33H,4-5,12-13,15-18H2,1-3H3,(H,29,35);1H/t24-,25-;/m1./s1. The second-order valence-electron chi connectivity index (χ2n) is 10.5. The van der Waals surface area contributed by atoms with Gasteiger partial charge in [-0.1, -0.05) is 39.3 Å². The highest BCUT2D eigenvalue weighted by molar-refractivity contribution is 6.00. The molecule has 1 aromatic carbocycles. The van der Waals surface area contributed by atoms with E-state index in [1.807, 2.05) is 38.1 Å². The number of pyridine rings is 1. The number of benzene rings is 1. The van der Waals surface area contributed by atoms with Crippen molar-refractivity contribution in [3.05, 3.63) is 59.6 Å². The number of hydrogen-bond donors (Lipinski definition) is 2. The van der Waals surface area contributed by atoms with E-state index in [4.69, 9.17) is 4.74 Å². The van der Waals surface area contributed by atoms with Crippen molar-refractivity contribution in [2.24, 2.45) is 5.92 Å². The smallest absolute Gasteiger partial charge is 0.248 e. The highest BCUT2D eigenvalue weighted by Gasteiger charge is 2.54. The Morgan fingerprint density at radius 2 is 1.84 bits per heavy atom. The average molecular weight is 547 g/mol. The molecular formula is C28H39ClN4O5. The van der Waals surface area contributed by atoms with Crippen LogP contribution in [0.2, 0.25) is 0 Å². The molecule has 3 heterocycles. The van der Waals surface area contributed by atoms with E-state index in [0.29, 0.717) is 48.7 Å². The number of nitrogens with zero attached hydrogens (tertiary/aromatic N) is 3. The first-order valence-corrected chi connectivity index (χ1v) is 13.2. The second kappa shape index (κ2) is 12.8. The topological polar surface area (TPSA) is 109 Å². The summed E-state index contributed by atoms with van der Waals surface area (Å²) in [4.78, 5) is 31.0. The van der Waals surface area contributed by atoms with Gasteiger partial charge < -0.3 is 25.3 Å². The third-order valence-corrected chi connectivity index (χ3v) is 7.51. The minimum Gasteiger partial charge on any atom is -0.619 e. The van der Waals surface area contributed by atoms with E-state index in [0.717, 1.165) is 24.9 Å². The highest BCUT2D eigenvalue weighted by atomic mass is 35.5. The molecule has 10 heteroatoms. The van der Waals surface area contributed by atoms with Crippen LogP contribution in [0.1, 0.15) is 52.0 Å².